The largest absolute Gasteiger partial charge is 0.506 e. The maximum Gasteiger partial charge on any atom is 0.255 e. The molecule has 0 bridgehead atoms. The van der Waals surface area contributed by atoms with Gasteiger partial charge in [-0.2, -0.15) is 0 Å². The van der Waals surface area contributed by atoms with Crippen molar-refractivity contribution in [2.75, 3.05) is 19.6 Å². The number of likely N-dealkylation sites (tertiary alicyclic amines) is 1. The highest BCUT2D eigenvalue weighted by atomic mass is 16.3. The molecule has 0 aromatic carbocycles. The second-order valence-electron chi connectivity index (χ2n) is 5.06. The van der Waals surface area contributed by atoms with Crippen LogP contribution in [0.4, 0.5) is 0 Å². The van der Waals surface area contributed by atoms with E-state index in [2.05, 4.69) is 10.3 Å². The van der Waals surface area contributed by atoms with Gasteiger partial charge < -0.3 is 15.3 Å². The van der Waals surface area contributed by atoms with Gasteiger partial charge in [-0.1, -0.05) is 0 Å². The number of carbonyl (C=O) groups is 1. The van der Waals surface area contributed by atoms with E-state index in [9.17, 15) is 9.90 Å². The molecule has 0 saturated carbocycles. The van der Waals surface area contributed by atoms with Gasteiger partial charge in [0.05, 0.1) is 11.8 Å². The quantitative estimate of drug-likeness (QED) is 0.763. The first kappa shape index (κ1) is 11.5. The summed E-state index contributed by atoms with van der Waals surface area (Å²) in [7, 11) is 0. The molecule has 5 nitrogen and oxygen atoms in total. The molecule has 96 valence electrons. The van der Waals surface area contributed by atoms with Crippen LogP contribution in [0.15, 0.2) is 18.5 Å². The lowest BCUT2D eigenvalue weighted by Gasteiger charge is -2.37. The molecular weight excluding hydrogens is 230 g/mol. The number of piperidine rings is 1. The molecule has 1 aromatic rings. The van der Waals surface area contributed by atoms with E-state index in [1.807, 2.05) is 4.90 Å². The third-order valence-corrected chi connectivity index (χ3v) is 3.91. The minimum atomic E-state index is -0.0169. The van der Waals surface area contributed by atoms with Crippen molar-refractivity contribution < 1.29 is 9.90 Å². The number of nitrogens with one attached hydrogen (secondary N) is 1. The molecule has 2 unspecified atom stereocenters. The Labute approximate surface area is 106 Å². The van der Waals surface area contributed by atoms with E-state index in [-0.39, 0.29) is 11.7 Å². The average Bonchev–Trinajstić information content (AvgIpc) is 2.86. The molecule has 2 N–H and O–H groups in total. The van der Waals surface area contributed by atoms with Crippen molar-refractivity contribution in [3.8, 4) is 5.75 Å². The number of hydrogen-bond donors (Lipinski definition) is 2. The smallest absolute Gasteiger partial charge is 0.255 e. The van der Waals surface area contributed by atoms with E-state index >= 15 is 0 Å². The molecule has 2 atom stereocenters. The Kier molecular flexibility index (Phi) is 2.91. The molecule has 0 radical (unpaired) electrons. The third-order valence-electron chi connectivity index (χ3n) is 3.91. The predicted octanol–water partition coefficient (Wildman–Crippen LogP) is 0.611. The van der Waals surface area contributed by atoms with Crippen LogP contribution in [0.5, 0.6) is 5.75 Å². The summed E-state index contributed by atoms with van der Waals surface area (Å²) in [6.45, 7) is 2.69. The number of fused-ring (bicyclic) bond motifs is 1. The molecule has 3 heterocycles. The maximum atomic E-state index is 12.4. The Hall–Kier alpha value is -1.62. The second kappa shape index (κ2) is 4.57. The number of aromatic hydroxyl groups is 1. The Morgan fingerprint density at radius 1 is 1.44 bits per heavy atom. The number of nitrogens with zero attached hydrogens (tertiary/aromatic N) is 2. The summed E-state index contributed by atoms with van der Waals surface area (Å²) < 4.78 is 0. The van der Waals surface area contributed by atoms with Gasteiger partial charge in [0.15, 0.2) is 0 Å². The molecule has 2 aliphatic heterocycles. The van der Waals surface area contributed by atoms with Crippen LogP contribution in [0.25, 0.3) is 0 Å². The zero-order valence-electron chi connectivity index (χ0n) is 10.2. The fourth-order valence-corrected chi connectivity index (χ4v) is 3.03. The van der Waals surface area contributed by atoms with Gasteiger partial charge in [0.1, 0.15) is 5.75 Å². The molecule has 1 aromatic heterocycles. The van der Waals surface area contributed by atoms with Gasteiger partial charge in [-0.05, 0) is 24.8 Å². The van der Waals surface area contributed by atoms with Gasteiger partial charge in [-0.15, -0.1) is 0 Å². The molecule has 1 amide bonds. The SMILES string of the molecule is O=C(c1cncc(O)c1)N1CCCC2CNCC21. The summed E-state index contributed by atoms with van der Waals surface area (Å²) in [4.78, 5) is 18.2. The first-order valence-corrected chi connectivity index (χ1v) is 6.41. The lowest BCUT2D eigenvalue weighted by Crippen LogP contribution is -2.48. The molecule has 0 aliphatic carbocycles. The fourth-order valence-electron chi connectivity index (χ4n) is 3.03. The first-order valence-electron chi connectivity index (χ1n) is 6.41. The van der Waals surface area contributed by atoms with E-state index < -0.39 is 0 Å². The Morgan fingerprint density at radius 2 is 2.33 bits per heavy atom. The van der Waals surface area contributed by atoms with Crippen LogP contribution in [0, 0.1) is 5.92 Å². The van der Waals surface area contributed by atoms with Gasteiger partial charge in [0.25, 0.3) is 5.91 Å². The summed E-state index contributed by atoms with van der Waals surface area (Å²) in [5.41, 5.74) is 0.475. The fraction of sp³-hybridized carbons (Fsp3) is 0.538. The monoisotopic (exact) mass is 247 g/mol. The minimum Gasteiger partial charge on any atom is -0.506 e. The summed E-state index contributed by atoms with van der Waals surface area (Å²) in [5, 5.41) is 12.8. The van der Waals surface area contributed by atoms with Crippen LogP contribution in [0.3, 0.4) is 0 Å². The molecule has 2 saturated heterocycles. The van der Waals surface area contributed by atoms with Gasteiger partial charge in [-0.25, -0.2) is 0 Å². The predicted molar refractivity (Wildman–Crippen MR) is 66.3 cm³/mol. The Balaban J connectivity index is 1.83. The molecule has 2 aliphatic rings. The zero-order chi connectivity index (χ0) is 12.5. The van der Waals surface area contributed by atoms with Crippen LogP contribution in [0.2, 0.25) is 0 Å². The number of aromatic nitrogens is 1. The normalized spacial score (nSPS) is 27.0. The maximum absolute atomic E-state index is 12.4. The van der Waals surface area contributed by atoms with Crippen molar-refractivity contribution in [3.63, 3.8) is 0 Å². The molecule has 3 rings (SSSR count). The summed E-state index contributed by atoms with van der Waals surface area (Å²) in [6.07, 6.45) is 5.11. The van der Waals surface area contributed by atoms with Crippen molar-refractivity contribution in [1.29, 1.82) is 0 Å². The van der Waals surface area contributed by atoms with Gasteiger partial charge >= 0.3 is 0 Å². The Morgan fingerprint density at radius 3 is 3.17 bits per heavy atom. The van der Waals surface area contributed by atoms with Crippen LogP contribution < -0.4 is 5.32 Å². The molecule has 0 spiro atoms. The van der Waals surface area contributed by atoms with E-state index in [0.29, 0.717) is 17.5 Å². The number of carbonyl (C=O) groups excluding carboxylic acids is 1. The van der Waals surface area contributed by atoms with Crippen LogP contribution >= 0.6 is 0 Å². The van der Waals surface area contributed by atoms with E-state index in [1.165, 1.54) is 24.9 Å². The van der Waals surface area contributed by atoms with Gasteiger partial charge in [-0.3, -0.25) is 9.78 Å². The standard InChI is InChI=1S/C13H17N3O2/c17-11-4-10(6-14-7-11)13(18)16-3-1-2-9-5-15-8-12(9)16/h4,6-7,9,12,15,17H,1-3,5,8H2. The topological polar surface area (TPSA) is 65.5 Å². The van der Waals surface area contributed by atoms with Gasteiger partial charge in [0, 0.05) is 31.9 Å². The van der Waals surface area contributed by atoms with Crippen LogP contribution in [0.1, 0.15) is 23.2 Å². The zero-order valence-corrected chi connectivity index (χ0v) is 10.2. The van der Waals surface area contributed by atoms with Crippen molar-refractivity contribution in [2.24, 2.45) is 5.92 Å². The van der Waals surface area contributed by atoms with Crippen molar-refractivity contribution in [2.45, 2.75) is 18.9 Å². The highest BCUT2D eigenvalue weighted by molar-refractivity contribution is 5.94. The first-order chi connectivity index (χ1) is 8.75. The number of rotatable bonds is 1. The third kappa shape index (κ3) is 1.95. The van der Waals surface area contributed by atoms with E-state index in [1.54, 1.807) is 0 Å². The summed E-state index contributed by atoms with van der Waals surface area (Å²) in [6, 6.07) is 1.79. The molecule has 5 heteroatoms. The number of amides is 1. The van der Waals surface area contributed by atoms with Crippen LogP contribution in [-0.4, -0.2) is 46.6 Å². The van der Waals surface area contributed by atoms with Crippen molar-refractivity contribution >= 4 is 5.91 Å². The van der Waals surface area contributed by atoms with Crippen molar-refractivity contribution in [3.05, 3.63) is 24.0 Å². The van der Waals surface area contributed by atoms with Crippen molar-refractivity contribution in [1.82, 2.24) is 15.2 Å². The van der Waals surface area contributed by atoms with E-state index in [0.717, 1.165) is 26.1 Å². The number of pyridine rings is 1. The Bertz CT molecular complexity index is 463. The molecule has 2 fully saturated rings. The van der Waals surface area contributed by atoms with E-state index in [4.69, 9.17) is 0 Å². The number of hydrogen-bond acceptors (Lipinski definition) is 4. The second-order valence-corrected chi connectivity index (χ2v) is 5.06. The highest BCUT2D eigenvalue weighted by Gasteiger charge is 2.37. The highest BCUT2D eigenvalue weighted by Crippen LogP contribution is 2.27. The van der Waals surface area contributed by atoms with Crippen LogP contribution in [-0.2, 0) is 0 Å². The van der Waals surface area contributed by atoms with Gasteiger partial charge in [0.2, 0.25) is 0 Å². The minimum absolute atomic E-state index is 0.0169. The summed E-state index contributed by atoms with van der Waals surface area (Å²) >= 11 is 0. The average molecular weight is 247 g/mol. The lowest BCUT2D eigenvalue weighted by molar-refractivity contribution is 0.0574. The summed E-state index contributed by atoms with van der Waals surface area (Å²) in [5.74, 6) is 0.601. The lowest BCUT2D eigenvalue weighted by atomic mass is 9.91. The molecular formula is C13H17N3O2. The molecule has 18 heavy (non-hydrogen) atoms.